The van der Waals surface area contributed by atoms with Gasteiger partial charge in [0.15, 0.2) is 0 Å². The number of rotatable bonds is 3. The lowest BCUT2D eigenvalue weighted by molar-refractivity contribution is -0.274. The van der Waals surface area contributed by atoms with Crippen LogP contribution in [0, 0.1) is 0 Å². The van der Waals surface area contributed by atoms with Gasteiger partial charge in [-0.2, -0.15) is 0 Å². The van der Waals surface area contributed by atoms with Crippen molar-refractivity contribution in [1.82, 2.24) is 9.97 Å². The van der Waals surface area contributed by atoms with Gasteiger partial charge in [0.1, 0.15) is 11.6 Å². The Morgan fingerprint density at radius 1 is 1.33 bits per heavy atom. The molecule has 0 fully saturated rings. The van der Waals surface area contributed by atoms with Gasteiger partial charge in [-0.15, -0.1) is 13.2 Å². The average Bonchev–Trinajstić information content (AvgIpc) is 2.79. The molecule has 3 nitrogen and oxygen atoms in total. The summed E-state index contributed by atoms with van der Waals surface area (Å²) < 4.78 is 40.1. The Kier molecular flexibility index (Phi) is 3.10. The van der Waals surface area contributed by atoms with E-state index in [1.807, 2.05) is 0 Å². The molecule has 0 radical (unpaired) electrons. The Morgan fingerprint density at radius 2 is 2.11 bits per heavy atom. The summed E-state index contributed by atoms with van der Waals surface area (Å²) in [4.78, 5) is 6.81. The molecule has 0 aliphatic heterocycles. The second-order valence-electron chi connectivity index (χ2n) is 3.49. The topological polar surface area (TPSA) is 37.9 Å². The SMILES string of the molecule is C=C(c1cccc(OC(F)(F)F)c1)c1ncc[nH]1. The number of alkyl halides is 3. The van der Waals surface area contributed by atoms with E-state index < -0.39 is 6.36 Å². The Balaban J connectivity index is 2.25. The zero-order valence-electron chi connectivity index (χ0n) is 9.16. The van der Waals surface area contributed by atoms with Crippen LogP contribution in [0.15, 0.2) is 43.2 Å². The number of ether oxygens (including phenoxy) is 1. The van der Waals surface area contributed by atoms with Crippen molar-refractivity contribution >= 4 is 5.57 Å². The van der Waals surface area contributed by atoms with Crippen molar-refractivity contribution in [1.29, 1.82) is 0 Å². The van der Waals surface area contributed by atoms with E-state index >= 15 is 0 Å². The van der Waals surface area contributed by atoms with E-state index in [0.717, 1.165) is 0 Å². The van der Waals surface area contributed by atoms with Gasteiger partial charge in [0, 0.05) is 18.0 Å². The summed E-state index contributed by atoms with van der Waals surface area (Å²) in [5, 5.41) is 0. The first-order chi connectivity index (χ1) is 8.46. The Hall–Kier alpha value is -2.24. The maximum absolute atomic E-state index is 12.1. The first kappa shape index (κ1) is 12.2. The maximum atomic E-state index is 12.1. The van der Waals surface area contributed by atoms with Gasteiger partial charge in [-0.05, 0) is 17.7 Å². The number of nitrogens with one attached hydrogen (secondary N) is 1. The number of benzene rings is 1. The predicted octanol–water partition coefficient (Wildman–Crippen LogP) is 3.37. The van der Waals surface area contributed by atoms with Crippen LogP contribution in [0.5, 0.6) is 5.75 Å². The molecule has 1 heterocycles. The quantitative estimate of drug-likeness (QED) is 0.911. The predicted molar refractivity (Wildman–Crippen MR) is 59.8 cm³/mol. The Labute approximate surface area is 101 Å². The second kappa shape index (κ2) is 4.56. The highest BCUT2D eigenvalue weighted by Crippen LogP contribution is 2.26. The van der Waals surface area contributed by atoms with Gasteiger partial charge in [0.25, 0.3) is 0 Å². The van der Waals surface area contributed by atoms with E-state index in [1.165, 1.54) is 24.4 Å². The van der Waals surface area contributed by atoms with Crippen molar-refractivity contribution in [3.63, 3.8) is 0 Å². The molecule has 0 unspecified atom stereocenters. The van der Waals surface area contributed by atoms with E-state index in [-0.39, 0.29) is 5.75 Å². The van der Waals surface area contributed by atoms with Crippen LogP contribution in [-0.2, 0) is 0 Å². The number of imidazole rings is 1. The fourth-order valence-electron chi connectivity index (χ4n) is 1.45. The summed E-state index contributed by atoms with van der Waals surface area (Å²) in [6.45, 7) is 3.77. The van der Waals surface area contributed by atoms with E-state index in [2.05, 4.69) is 21.3 Å². The molecule has 94 valence electrons. The molecule has 2 rings (SSSR count). The van der Waals surface area contributed by atoms with E-state index in [9.17, 15) is 13.2 Å². The zero-order valence-corrected chi connectivity index (χ0v) is 9.16. The standard InChI is InChI=1S/C12H9F3N2O/c1-8(11-16-5-6-17-11)9-3-2-4-10(7-9)18-12(13,14)15/h2-7H,1H2,(H,16,17). The minimum atomic E-state index is -4.70. The molecule has 2 aromatic rings. The van der Waals surface area contributed by atoms with Gasteiger partial charge in [-0.3, -0.25) is 0 Å². The van der Waals surface area contributed by atoms with Crippen LogP contribution < -0.4 is 4.74 Å². The van der Waals surface area contributed by atoms with Crippen molar-refractivity contribution in [2.45, 2.75) is 6.36 Å². The molecular weight excluding hydrogens is 245 g/mol. The van der Waals surface area contributed by atoms with Gasteiger partial charge in [0.2, 0.25) is 0 Å². The summed E-state index contributed by atoms with van der Waals surface area (Å²) in [5.74, 6) is 0.215. The molecule has 0 atom stereocenters. The van der Waals surface area contributed by atoms with Crippen LogP contribution in [-0.4, -0.2) is 16.3 Å². The Morgan fingerprint density at radius 3 is 2.72 bits per heavy atom. The lowest BCUT2D eigenvalue weighted by atomic mass is 10.1. The molecule has 6 heteroatoms. The van der Waals surface area contributed by atoms with Gasteiger partial charge in [-0.25, -0.2) is 4.98 Å². The molecule has 0 aliphatic carbocycles. The molecule has 1 N–H and O–H groups in total. The molecular formula is C12H9F3N2O. The first-order valence-electron chi connectivity index (χ1n) is 5.00. The minimum Gasteiger partial charge on any atom is -0.406 e. The molecule has 0 saturated carbocycles. The number of hydrogen-bond donors (Lipinski definition) is 1. The lowest BCUT2D eigenvalue weighted by Gasteiger charge is -2.10. The third kappa shape index (κ3) is 2.91. The summed E-state index contributed by atoms with van der Waals surface area (Å²) in [5.41, 5.74) is 0.999. The molecule has 0 spiro atoms. The Bertz CT molecular complexity index is 547. The van der Waals surface area contributed by atoms with Crippen LogP contribution in [0.2, 0.25) is 0 Å². The highest BCUT2D eigenvalue weighted by Gasteiger charge is 2.31. The van der Waals surface area contributed by atoms with Crippen molar-refractivity contribution in [2.24, 2.45) is 0 Å². The molecule has 0 saturated heterocycles. The fourth-order valence-corrected chi connectivity index (χ4v) is 1.45. The van der Waals surface area contributed by atoms with Crippen LogP contribution in [0.3, 0.4) is 0 Å². The van der Waals surface area contributed by atoms with Crippen molar-refractivity contribution in [3.05, 3.63) is 54.6 Å². The van der Waals surface area contributed by atoms with Gasteiger partial charge in [0.05, 0.1) is 0 Å². The van der Waals surface area contributed by atoms with Crippen molar-refractivity contribution < 1.29 is 17.9 Å². The van der Waals surface area contributed by atoms with Crippen molar-refractivity contribution in [2.75, 3.05) is 0 Å². The second-order valence-corrected chi connectivity index (χ2v) is 3.49. The zero-order chi connectivity index (χ0) is 13.2. The van der Waals surface area contributed by atoms with E-state index in [4.69, 9.17) is 0 Å². The average molecular weight is 254 g/mol. The van der Waals surface area contributed by atoms with E-state index in [0.29, 0.717) is 17.0 Å². The van der Waals surface area contributed by atoms with Gasteiger partial charge < -0.3 is 9.72 Å². The number of hydrogen-bond acceptors (Lipinski definition) is 2. The highest BCUT2D eigenvalue weighted by atomic mass is 19.4. The normalized spacial score (nSPS) is 11.3. The number of aromatic nitrogens is 2. The van der Waals surface area contributed by atoms with Gasteiger partial charge >= 0.3 is 6.36 Å². The summed E-state index contributed by atoms with van der Waals surface area (Å²) in [6.07, 6.45) is -1.56. The third-order valence-electron chi connectivity index (χ3n) is 2.20. The molecule has 0 bridgehead atoms. The van der Waals surface area contributed by atoms with Crippen LogP contribution >= 0.6 is 0 Å². The molecule has 18 heavy (non-hydrogen) atoms. The van der Waals surface area contributed by atoms with Crippen LogP contribution in [0.1, 0.15) is 11.4 Å². The number of nitrogens with zero attached hydrogens (tertiary/aromatic N) is 1. The third-order valence-corrected chi connectivity index (χ3v) is 2.20. The number of halogens is 3. The van der Waals surface area contributed by atoms with Crippen molar-refractivity contribution in [3.8, 4) is 5.75 Å². The monoisotopic (exact) mass is 254 g/mol. The smallest absolute Gasteiger partial charge is 0.406 e. The number of aromatic amines is 1. The van der Waals surface area contributed by atoms with Crippen LogP contribution in [0.25, 0.3) is 5.57 Å². The first-order valence-corrected chi connectivity index (χ1v) is 5.00. The lowest BCUT2D eigenvalue weighted by Crippen LogP contribution is -2.17. The summed E-state index contributed by atoms with van der Waals surface area (Å²) >= 11 is 0. The van der Waals surface area contributed by atoms with E-state index in [1.54, 1.807) is 12.3 Å². The summed E-state index contributed by atoms with van der Waals surface area (Å²) in [6, 6.07) is 5.59. The van der Waals surface area contributed by atoms with Gasteiger partial charge in [-0.1, -0.05) is 18.7 Å². The minimum absolute atomic E-state index is 0.285. The maximum Gasteiger partial charge on any atom is 0.573 e. The highest BCUT2D eigenvalue weighted by molar-refractivity contribution is 5.74. The molecule has 0 amide bonds. The van der Waals surface area contributed by atoms with Crippen LogP contribution in [0.4, 0.5) is 13.2 Å². The largest absolute Gasteiger partial charge is 0.573 e. The fraction of sp³-hybridized carbons (Fsp3) is 0.0833. The summed E-state index contributed by atoms with van der Waals surface area (Å²) in [7, 11) is 0. The molecule has 1 aromatic carbocycles. The molecule has 1 aromatic heterocycles. The number of H-pyrrole nitrogens is 1. The molecule has 0 aliphatic rings.